The molecule has 0 spiro atoms. The second-order valence-corrected chi connectivity index (χ2v) is 6.21. The standard InChI is InChI=1S/C18H23N3O3/c1-12-8-9-13(2)21(12)18(22)15-10-14(19-20-15)11-24-17-7-5-4-6-16(17)23-3/h4-7,10,12-13H,8-9,11H2,1-3H3,(H,19,20)/t12-,13-/m1/s1. The minimum absolute atomic E-state index is 0.0210. The third-order valence-electron chi connectivity index (χ3n) is 4.49. The van der Waals surface area contributed by atoms with Crippen molar-refractivity contribution in [2.24, 2.45) is 0 Å². The number of amides is 1. The molecule has 0 bridgehead atoms. The monoisotopic (exact) mass is 329 g/mol. The summed E-state index contributed by atoms with van der Waals surface area (Å²) in [4.78, 5) is 14.6. The Morgan fingerprint density at radius 1 is 1.25 bits per heavy atom. The number of hydrogen-bond donors (Lipinski definition) is 1. The molecule has 2 atom stereocenters. The molecule has 2 heterocycles. The zero-order valence-electron chi connectivity index (χ0n) is 14.3. The predicted octanol–water partition coefficient (Wildman–Crippen LogP) is 3.01. The third-order valence-corrected chi connectivity index (χ3v) is 4.49. The average Bonchev–Trinajstić information content (AvgIpc) is 3.19. The summed E-state index contributed by atoms with van der Waals surface area (Å²) in [5, 5.41) is 7.04. The summed E-state index contributed by atoms with van der Waals surface area (Å²) >= 11 is 0. The molecular formula is C18H23N3O3. The summed E-state index contributed by atoms with van der Waals surface area (Å²) in [5.41, 5.74) is 1.19. The quantitative estimate of drug-likeness (QED) is 0.915. The fourth-order valence-corrected chi connectivity index (χ4v) is 3.17. The van der Waals surface area contributed by atoms with Crippen molar-refractivity contribution in [2.75, 3.05) is 7.11 Å². The molecule has 1 saturated heterocycles. The number of benzene rings is 1. The van der Waals surface area contributed by atoms with Crippen LogP contribution >= 0.6 is 0 Å². The number of H-pyrrole nitrogens is 1. The van der Waals surface area contributed by atoms with E-state index in [-0.39, 0.29) is 18.0 Å². The highest BCUT2D eigenvalue weighted by Crippen LogP contribution is 2.27. The summed E-state index contributed by atoms with van der Waals surface area (Å²) in [6.07, 6.45) is 2.09. The maximum absolute atomic E-state index is 12.6. The van der Waals surface area contributed by atoms with Crippen LogP contribution in [-0.2, 0) is 6.61 Å². The van der Waals surface area contributed by atoms with E-state index in [4.69, 9.17) is 9.47 Å². The molecule has 1 aliphatic rings. The van der Waals surface area contributed by atoms with Crippen LogP contribution in [0.15, 0.2) is 30.3 Å². The van der Waals surface area contributed by atoms with Crippen molar-refractivity contribution in [3.8, 4) is 11.5 Å². The number of likely N-dealkylation sites (tertiary alicyclic amines) is 1. The fourth-order valence-electron chi connectivity index (χ4n) is 3.17. The molecule has 1 aromatic heterocycles. The number of carbonyl (C=O) groups is 1. The van der Waals surface area contributed by atoms with Gasteiger partial charge in [0.25, 0.3) is 5.91 Å². The Labute approximate surface area is 141 Å². The van der Waals surface area contributed by atoms with Crippen molar-refractivity contribution in [1.29, 1.82) is 0 Å². The zero-order chi connectivity index (χ0) is 17.1. The Balaban J connectivity index is 1.66. The minimum Gasteiger partial charge on any atom is -0.493 e. The van der Waals surface area contributed by atoms with E-state index in [1.807, 2.05) is 29.2 Å². The average molecular weight is 329 g/mol. The van der Waals surface area contributed by atoms with Gasteiger partial charge in [-0.05, 0) is 44.9 Å². The highest BCUT2D eigenvalue weighted by atomic mass is 16.5. The molecule has 0 aliphatic carbocycles. The van der Waals surface area contributed by atoms with Crippen LogP contribution in [0.3, 0.4) is 0 Å². The van der Waals surface area contributed by atoms with Crippen molar-refractivity contribution < 1.29 is 14.3 Å². The molecule has 1 fully saturated rings. The van der Waals surface area contributed by atoms with E-state index in [0.717, 1.165) is 18.5 Å². The van der Waals surface area contributed by atoms with Gasteiger partial charge in [0.1, 0.15) is 6.61 Å². The van der Waals surface area contributed by atoms with Crippen LogP contribution < -0.4 is 9.47 Å². The number of aromatic nitrogens is 2. The number of hydrogen-bond acceptors (Lipinski definition) is 4. The molecular weight excluding hydrogens is 306 g/mol. The summed E-state index contributed by atoms with van der Waals surface area (Å²) in [6, 6.07) is 9.74. The third kappa shape index (κ3) is 3.22. The molecule has 6 heteroatoms. The van der Waals surface area contributed by atoms with Crippen molar-refractivity contribution in [3.05, 3.63) is 41.7 Å². The minimum atomic E-state index is -0.0210. The van der Waals surface area contributed by atoms with Crippen LogP contribution in [0.5, 0.6) is 11.5 Å². The smallest absolute Gasteiger partial charge is 0.274 e. The fraction of sp³-hybridized carbons (Fsp3) is 0.444. The molecule has 6 nitrogen and oxygen atoms in total. The summed E-state index contributed by atoms with van der Waals surface area (Å²) in [7, 11) is 1.60. The number of ether oxygens (including phenoxy) is 2. The van der Waals surface area contributed by atoms with Crippen molar-refractivity contribution >= 4 is 5.91 Å². The van der Waals surface area contributed by atoms with Gasteiger partial charge in [-0.1, -0.05) is 12.1 Å². The summed E-state index contributed by atoms with van der Waals surface area (Å²) in [6.45, 7) is 4.46. The lowest BCUT2D eigenvalue weighted by Gasteiger charge is -2.25. The number of para-hydroxylation sites is 2. The second-order valence-electron chi connectivity index (χ2n) is 6.21. The number of aromatic amines is 1. The Kier molecular flexibility index (Phi) is 4.74. The van der Waals surface area contributed by atoms with Gasteiger partial charge in [-0.3, -0.25) is 9.89 Å². The van der Waals surface area contributed by atoms with Crippen LogP contribution in [0.2, 0.25) is 0 Å². The number of rotatable bonds is 5. The predicted molar refractivity (Wildman–Crippen MR) is 90.2 cm³/mol. The molecule has 0 radical (unpaired) electrons. The van der Waals surface area contributed by atoms with Gasteiger partial charge in [-0.25, -0.2) is 0 Å². The highest BCUT2D eigenvalue weighted by molar-refractivity contribution is 5.93. The molecule has 0 unspecified atom stereocenters. The molecule has 1 amide bonds. The topological polar surface area (TPSA) is 67.5 Å². The maximum atomic E-state index is 12.6. The molecule has 1 aromatic carbocycles. The second kappa shape index (κ2) is 6.95. The Hall–Kier alpha value is -2.50. The largest absolute Gasteiger partial charge is 0.493 e. The van der Waals surface area contributed by atoms with E-state index in [1.54, 1.807) is 13.2 Å². The van der Waals surface area contributed by atoms with E-state index in [9.17, 15) is 4.79 Å². The van der Waals surface area contributed by atoms with E-state index in [1.165, 1.54) is 0 Å². The van der Waals surface area contributed by atoms with E-state index in [2.05, 4.69) is 24.0 Å². The number of carbonyl (C=O) groups excluding carboxylic acids is 1. The van der Waals surface area contributed by atoms with Crippen molar-refractivity contribution in [1.82, 2.24) is 15.1 Å². The van der Waals surface area contributed by atoms with Crippen LogP contribution in [0.1, 0.15) is 42.9 Å². The lowest BCUT2D eigenvalue weighted by atomic mass is 10.2. The molecule has 1 N–H and O–H groups in total. The maximum Gasteiger partial charge on any atom is 0.274 e. The van der Waals surface area contributed by atoms with Gasteiger partial charge in [0, 0.05) is 12.1 Å². The van der Waals surface area contributed by atoms with Gasteiger partial charge in [0.2, 0.25) is 0 Å². The van der Waals surface area contributed by atoms with Gasteiger partial charge in [-0.2, -0.15) is 5.10 Å². The highest BCUT2D eigenvalue weighted by Gasteiger charge is 2.33. The molecule has 1 aliphatic heterocycles. The van der Waals surface area contributed by atoms with Gasteiger partial charge in [0.15, 0.2) is 17.2 Å². The number of methoxy groups -OCH3 is 1. The number of nitrogens with zero attached hydrogens (tertiary/aromatic N) is 2. The Morgan fingerprint density at radius 2 is 1.92 bits per heavy atom. The van der Waals surface area contributed by atoms with Gasteiger partial charge >= 0.3 is 0 Å². The first-order valence-corrected chi connectivity index (χ1v) is 8.23. The van der Waals surface area contributed by atoms with E-state index < -0.39 is 0 Å². The Bertz CT molecular complexity index is 703. The summed E-state index contributed by atoms with van der Waals surface area (Å²) < 4.78 is 11.0. The van der Waals surface area contributed by atoms with Crippen LogP contribution in [0.4, 0.5) is 0 Å². The Morgan fingerprint density at radius 3 is 2.58 bits per heavy atom. The molecule has 24 heavy (non-hydrogen) atoms. The molecule has 2 aromatic rings. The normalized spacial score (nSPS) is 20.2. The van der Waals surface area contributed by atoms with Crippen molar-refractivity contribution in [2.45, 2.75) is 45.4 Å². The van der Waals surface area contributed by atoms with Gasteiger partial charge in [0.05, 0.1) is 12.8 Å². The molecule has 128 valence electrons. The lowest BCUT2D eigenvalue weighted by molar-refractivity contribution is 0.0686. The van der Waals surface area contributed by atoms with Gasteiger partial charge in [-0.15, -0.1) is 0 Å². The van der Waals surface area contributed by atoms with Crippen LogP contribution in [0.25, 0.3) is 0 Å². The van der Waals surface area contributed by atoms with Crippen LogP contribution in [0, 0.1) is 0 Å². The van der Waals surface area contributed by atoms with Gasteiger partial charge < -0.3 is 14.4 Å². The first kappa shape index (κ1) is 16.4. The zero-order valence-corrected chi connectivity index (χ0v) is 14.3. The first-order chi connectivity index (χ1) is 11.6. The molecule has 0 saturated carbocycles. The number of nitrogens with one attached hydrogen (secondary N) is 1. The van der Waals surface area contributed by atoms with Crippen molar-refractivity contribution in [3.63, 3.8) is 0 Å². The summed E-state index contributed by atoms with van der Waals surface area (Å²) in [5.74, 6) is 1.31. The SMILES string of the molecule is COc1ccccc1OCc1cc(C(=O)N2[C@H](C)CC[C@H]2C)n[nH]1. The molecule has 3 rings (SSSR count). The first-order valence-electron chi connectivity index (χ1n) is 8.23. The van der Waals surface area contributed by atoms with Crippen LogP contribution in [-0.4, -0.2) is 40.2 Å². The van der Waals surface area contributed by atoms with E-state index in [0.29, 0.717) is 23.8 Å². The lowest BCUT2D eigenvalue weighted by Crippen LogP contribution is -2.38. The van der Waals surface area contributed by atoms with E-state index >= 15 is 0 Å².